The molecule has 0 saturated heterocycles. The highest BCUT2D eigenvalue weighted by Crippen LogP contribution is 2.24. The van der Waals surface area contributed by atoms with Crippen LogP contribution in [-0.4, -0.2) is 31.4 Å². The molecule has 3 rings (SSSR count). The van der Waals surface area contributed by atoms with Gasteiger partial charge in [0.15, 0.2) is 5.96 Å². The Labute approximate surface area is 196 Å². The molecule has 0 radical (unpaired) electrons. The molecule has 0 saturated carbocycles. The van der Waals surface area contributed by atoms with E-state index in [0.29, 0.717) is 22.5 Å². The van der Waals surface area contributed by atoms with Crippen LogP contribution in [0, 0.1) is 5.41 Å². The van der Waals surface area contributed by atoms with Crippen molar-refractivity contribution >= 4 is 39.2 Å². The Morgan fingerprint density at radius 1 is 0.912 bits per heavy atom. The number of amides is 1. The molecule has 1 amide bonds. The molecule has 176 valence electrons. The van der Waals surface area contributed by atoms with Crippen LogP contribution in [0.3, 0.4) is 0 Å². The number of rotatable bonds is 9. The van der Waals surface area contributed by atoms with E-state index in [0.717, 1.165) is 0 Å². The number of carboxylic acid groups (broad SMARTS) is 1. The molecule has 11 heteroatoms. The third-order valence-corrected chi connectivity index (χ3v) is 6.17. The fourth-order valence-electron chi connectivity index (χ4n) is 3.19. The van der Waals surface area contributed by atoms with Gasteiger partial charge in [0.2, 0.25) is 10.0 Å². The topological polar surface area (TPSA) is 174 Å². The summed E-state index contributed by atoms with van der Waals surface area (Å²) in [6.07, 6.45) is -0.498. The Bertz CT molecular complexity index is 1310. The van der Waals surface area contributed by atoms with Crippen molar-refractivity contribution in [2.24, 2.45) is 5.73 Å². The highest BCUT2D eigenvalue weighted by atomic mass is 32.2. The van der Waals surface area contributed by atoms with Crippen LogP contribution < -0.4 is 21.1 Å². The molecule has 1 unspecified atom stereocenters. The Hall–Kier alpha value is -4.22. The van der Waals surface area contributed by atoms with Crippen LogP contribution in [0.25, 0.3) is 0 Å². The molecule has 0 spiro atoms. The molecule has 0 aliphatic carbocycles. The summed E-state index contributed by atoms with van der Waals surface area (Å²) in [5.74, 6) is -1.92. The number of carbonyl (C=O) groups is 2. The first kappa shape index (κ1) is 24.4. The number of anilines is 2. The van der Waals surface area contributed by atoms with Crippen molar-refractivity contribution in [2.45, 2.75) is 17.4 Å². The number of hydrogen-bond donors (Lipinski definition) is 6. The van der Waals surface area contributed by atoms with Crippen LogP contribution >= 0.6 is 0 Å². The summed E-state index contributed by atoms with van der Waals surface area (Å²) < 4.78 is 27.9. The average Bonchev–Trinajstić information content (AvgIpc) is 2.79. The van der Waals surface area contributed by atoms with E-state index < -0.39 is 34.4 Å². The highest BCUT2D eigenvalue weighted by Gasteiger charge is 2.24. The van der Waals surface area contributed by atoms with Gasteiger partial charge in [-0.3, -0.25) is 15.0 Å². The van der Waals surface area contributed by atoms with Gasteiger partial charge >= 0.3 is 5.97 Å². The summed E-state index contributed by atoms with van der Waals surface area (Å²) in [4.78, 5) is 24.1. The lowest BCUT2D eigenvalue weighted by Crippen LogP contribution is -2.30. The third kappa shape index (κ3) is 6.64. The first-order valence-electron chi connectivity index (χ1n) is 10.1. The van der Waals surface area contributed by atoms with Crippen molar-refractivity contribution in [1.82, 2.24) is 4.72 Å². The van der Waals surface area contributed by atoms with Gasteiger partial charge in [0.1, 0.15) is 0 Å². The molecule has 0 aromatic heterocycles. The highest BCUT2D eigenvalue weighted by molar-refractivity contribution is 7.89. The Balaban J connectivity index is 1.83. The average molecular weight is 482 g/mol. The van der Waals surface area contributed by atoms with Crippen LogP contribution in [0.5, 0.6) is 0 Å². The van der Waals surface area contributed by atoms with Crippen LogP contribution in [0.1, 0.15) is 28.4 Å². The van der Waals surface area contributed by atoms with E-state index in [1.807, 2.05) is 0 Å². The van der Waals surface area contributed by atoms with E-state index in [2.05, 4.69) is 15.4 Å². The summed E-state index contributed by atoms with van der Waals surface area (Å²) in [6, 6.07) is 19.2. The fraction of sp³-hybridized carbons (Fsp3) is 0.0870. The standard InChI is InChI=1S/C23H23N5O5S/c24-23(25)27-18-9-5-7-16(13-18)22(31)26-17-8-4-6-15(12-17)20(14-21(29)30)28-34(32,33)19-10-2-1-3-11-19/h1-13,20,28H,14H2,(H,26,31)(H,29,30)(H4,24,25,27). The number of nitrogens with two attached hydrogens (primary N) is 1. The third-order valence-electron chi connectivity index (χ3n) is 4.68. The minimum atomic E-state index is -3.98. The zero-order chi connectivity index (χ0) is 24.7. The molecule has 34 heavy (non-hydrogen) atoms. The van der Waals surface area contributed by atoms with Crippen molar-refractivity contribution in [3.63, 3.8) is 0 Å². The van der Waals surface area contributed by atoms with Crippen molar-refractivity contribution in [3.05, 3.63) is 90.0 Å². The lowest BCUT2D eigenvalue weighted by Gasteiger charge is -2.18. The van der Waals surface area contributed by atoms with Crippen LogP contribution in [0.15, 0.2) is 83.8 Å². The zero-order valence-electron chi connectivity index (χ0n) is 17.9. The first-order valence-corrected chi connectivity index (χ1v) is 11.5. The number of carboxylic acids is 1. The van der Waals surface area contributed by atoms with Gasteiger partial charge in [0.25, 0.3) is 5.91 Å². The zero-order valence-corrected chi connectivity index (χ0v) is 18.7. The van der Waals surface area contributed by atoms with E-state index in [1.165, 1.54) is 24.3 Å². The van der Waals surface area contributed by atoms with E-state index in [4.69, 9.17) is 11.1 Å². The molecule has 0 aliphatic heterocycles. The fourth-order valence-corrected chi connectivity index (χ4v) is 4.43. The predicted molar refractivity (Wildman–Crippen MR) is 128 cm³/mol. The quantitative estimate of drug-likeness (QED) is 0.201. The van der Waals surface area contributed by atoms with Gasteiger partial charge in [-0.25, -0.2) is 13.1 Å². The normalized spacial score (nSPS) is 11.9. The van der Waals surface area contributed by atoms with Gasteiger partial charge in [0.05, 0.1) is 17.4 Å². The van der Waals surface area contributed by atoms with Gasteiger partial charge in [-0.1, -0.05) is 36.4 Å². The number of hydrogen-bond acceptors (Lipinski definition) is 5. The Kier molecular flexibility index (Phi) is 7.61. The maximum atomic E-state index is 12.7. The van der Waals surface area contributed by atoms with E-state index in [1.54, 1.807) is 54.6 Å². The molecule has 3 aromatic rings. The van der Waals surface area contributed by atoms with Gasteiger partial charge < -0.3 is 21.5 Å². The SMILES string of the molecule is N=C(N)Nc1cccc(C(=O)Nc2cccc(C(CC(=O)O)NS(=O)(=O)c3ccccc3)c2)c1. The molecule has 0 heterocycles. The van der Waals surface area contributed by atoms with Crippen LogP contribution in [0.4, 0.5) is 11.4 Å². The summed E-state index contributed by atoms with van der Waals surface area (Å²) in [5.41, 5.74) is 6.79. The smallest absolute Gasteiger partial charge is 0.305 e. The molecular formula is C23H23N5O5S. The predicted octanol–water partition coefficient (Wildman–Crippen LogP) is 2.74. The molecule has 0 bridgehead atoms. The van der Waals surface area contributed by atoms with Gasteiger partial charge in [0, 0.05) is 16.9 Å². The Morgan fingerprint density at radius 3 is 2.21 bits per heavy atom. The molecule has 1 atom stereocenters. The molecule has 0 fully saturated rings. The number of sulfonamides is 1. The number of guanidine groups is 1. The van der Waals surface area contributed by atoms with Crippen molar-refractivity contribution in [3.8, 4) is 0 Å². The maximum Gasteiger partial charge on any atom is 0.305 e. The second-order valence-corrected chi connectivity index (χ2v) is 9.00. The number of aliphatic carboxylic acids is 1. The largest absolute Gasteiger partial charge is 0.481 e. The van der Waals surface area contributed by atoms with E-state index in [9.17, 15) is 23.1 Å². The van der Waals surface area contributed by atoms with Crippen LogP contribution in [-0.2, 0) is 14.8 Å². The first-order chi connectivity index (χ1) is 16.1. The van der Waals surface area contributed by atoms with E-state index in [-0.39, 0.29) is 10.9 Å². The summed E-state index contributed by atoms with van der Waals surface area (Å²) >= 11 is 0. The minimum Gasteiger partial charge on any atom is -0.481 e. The molecule has 3 aromatic carbocycles. The minimum absolute atomic E-state index is 0.00824. The van der Waals surface area contributed by atoms with Crippen LogP contribution in [0.2, 0.25) is 0 Å². The molecule has 10 nitrogen and oxygen atoms in total. The lowest BCUT2D eigenvalue weighted by atomic mass is 10.0. The summed E-state index contributed by atoms with van der Waals surface area (Å²) in [5, 5.41) is 21.9. The molecule has 7 N–H and O–H groups in total. The second-order valence-electron chi connectivity index (χ2n) is 7.28. The van der Waals surface area contributed by atoms with Gasteiger partial charge in [-0.15, -0.1) is 0 Å². The summed E-state index contributed by atoms with van der Waals surface area (Å²) in [6.45, 7) is 0. The lowest BCUT2D eigenvalue weighted by molar-refractivity contribution is -0.137. The number of carbonyl (C=O) groups excluding carboxylic acids is 1. The Morgan fingerprint density at radius 2 is 1.56 bits per heavy atom. The van der Waals surface area contributed by atoms with Gasteiger partial charge in [-0.05, 0) is 48.0 Å². The number of benzene rings is 3. The van der Waals surface area contributed by atoms with Crippen molar-refractivity contribution in [1.29, 1.82) is 5.41 Å². The molecular weight excluding hydrogens is 458 g/mol. The second kappa shape index (κ2) is 10.6. The molecule has 0 aliphatic rings. The monoisotopic (exact) mass is 481 g/mol. The van der Waals surface area contributed by atoms with Gasteiger partial charge in [-0.2, -0.15) is 0 Å². The summed E-state index contributed by atoms with van der Waals surface area (Å²) in [7, 11) is -3.98. The maximum absolute atomic E-state index is 12.7. The van der Waals surface area contributed by atoms with Crippen molar-refractivity contribution in [2.75, 3.05) is 10.6 Å². The van der Waals surface area contributed by atoms with Crippen molar-refractivity contribution < 1.29 is 23.1 Å². The number of nitrogens with one attached hydrogen (secondary N) is 4. The van der Waals surface area contributed by atoms with E-state index >= 15 is 0 Å².